The Morgan fingerprint density at radius 1 is 1.45 bits per heavy atom. The van der Waals surface area contributed by atoms with E-state index in [0.29, 0.717) is 17.8 Å². The van der Waals surface area contributed by atoms with E-state index < -0.39 is 0 Å². The van der Waals surface area contributed by atoms with Crippen LogP contribution >= 0.6 is 0 Å². The molecular formula is C16H21N3O. The molecule has 0 spiro atoms. The molecule has 1 heterocycles. The molecule has 1 aliphatic carbocycles. The maximum atomic E-state index is 9.87. The second-order valence-electron chi connectivity index (χ2n) is 5.56. The maximum absolute atomic E-state index is 9.87. The van der Waals surface area contributed by atoms with Crippen LogP contribution in [0.15, 0.2) is 36.7 Å². The van der Waals surface area contributed by atoms with Crippen molar-refractivity contribution in [1.29, 1.82) is 0 Å². The standard InChI is InChI=1S/C16H21N3O/c1-12(8-11-19-10-3-9-17-19)18-15-7-6-14-13(15)4-2-5-16(14)20/h2-5,9-10,12,15,18,20H,6-8,11H2,1H3/t12-,15-/m1/s1. The minimum absolute atomic E-state index is 0.365. The number of aryl methyl sites for hydroxylation is 1. The van der Waals surface area contributed by atoms with Crippen molar-refractivity contribution >= 4 is 0 Å². The first-order chi connectivity index (χ1) is 9.74. The number of hydrogen-bond acceptors (Lipinski definition) is 3. The van der Waals surface area contributed by atoms with Crippen LogP contribution < -0.4 is 5.32 Å². The summed E-state index contributed by atoms with van der Waals surface area (Å²) in [5.41, 5.74) is 2.38. The first-order valence-electron chi connectivity index (χ1n) is 7.28. The van der Waals surface area contributed by atoms with E-state index in [-0.39, 0.29) is 0 Å². The molecule has 3 rings (SSSR count). The van der Waals surface area contributed by atoms with Crippen LogP contribution in [0, 0.1) is 0 Å². The molecule has 2 N–H and O–H groups in total. The molecule has 0 saturated carbocycles. The molecule has 0 unspecified atom stereocenters. The van der Waals surface area contributed by atoms with Crippen LogP contribution in [0.3, 0.4) is 0 Å². The van der Waals surface area contributed by atoms with Gasteiger partial charge in [0.2, 0.25) is 0 Å². The molecule has 0 saturated heterocycles. The molecule has 1 aliphatic rings. The van der Waals surface area contributed by atoms with Crippen molar-refractivity contribution < 1.29 is 5.11 Å². The first kappa shape index (κ1) is 13.2. The van der Waals surface area contributed by atoms with Gasteiger partial charge >= 0.3 is 0 Å². The van der Waals surface area contributed by atoms with Crippen LogP contribution in [-0.4, -0.2) is 20.9 Å². The highest BCUT2D eigenvalue weighted by atomic mass is 16.3. The van der Waals surface area contributed by atoms with E-state index >= 15 is 0 Å². The largest absolute Gasteiger partial charge is 0.508 e. The fraction of sp³-hybridized carbons (Fsp3) is 0.438. The smallest absolute Gasteiger partial charge is 0.119 e. The minimum atomic E-state index is 0.365. The van der Waals surface area contributed by atoms with Gasteiger partial charge in [0.1, 0.15) is 5.75 Å². The normalized spacial score (nSPS) is 18.9. The lowest BCUT2D eigenvalue weighted by Gasteiger charge is -2.20. The molecule has 2 atom stereocenters. The Labute approximate surface area is 119 Å². The van der Waals surface area contributed by atoms with Crippen LogP contribution in [0.1, 0.15) is 36.9 Å². The molecule has 1 aromatic carbocycles. The van der Waals surface area contributed by atoms with Gasteiger partial charge in [0, 0.05) is 31.0 Å². The third-order valence-corrected chi connectivity index (χ3v) is 4.08. The molecular weight excluding hydrogens is 250 g/mol. The van der Waals surface area contributed by atoms with Gasteiger partial charge in [0.15, 0.2) is 0 Å². The van der Waals surface area contributed by atoms with E-state index in [2.05, 4.69) is 23.4 Å². The van der Waals surface area contributed by atoms with E-state index in [1.165, 1.54) is 5.56 Å². The molecule has 20 heavy (non-hydrogen) atoms. The zero-order valence-electron chi connectivity index (χ0n) is 11.8. The van der Waals surface area contributed by atoms with E-state index in [1.54, 1.807) is 6.07 Å². The summed E-state index contributed by atoms with van der Waals surface area (Å²) < 4.78 is 1.96. The Morgan fingerprint density at radius 3 is 3.15 bits per heavy atom. The van der Waals surface area contributed by atoms with Crippen LogP contribution in [-0.2, 0) is 13.0 Å². The van der Waals surface area contributed by atoms with Crippen LogP contribution in [0.25, 0.3) is 0 Å². The van der Waals surface area contributed by atoms with Gasteiger partial charge in [0.25, 0.3) is 0 Å². The quantitative estimate of drug-likeness (QED) is 0.879. The van der Waals surface area contributed by atoms with Gasteiger partial charge in [-0.15, -0.1) is 0 Å². The number of hydrogen-bond donors (Lipinski definition) is 2. The Bertz CT molecular complexity index is 565. The fourth-order valence-electron chi connectivity index (χ4n) is 2.99. The molecule has 1 aromatic heterocycles. The molecule has 106 valence electrons. The van der Waals surface area contributed by atoms with E-state index in [1.807, 2.05) is 29.2 Å². The van der Waals surface area contributed by atoms with Crippen molar-refractivity contribution in [2.75, 3.05) is 0 Å². The lowest BCUT2D eigenvalue weighted by atomic mass is 10.1. The maximum Gasteiger partial charge on any atom is 0.119 e. The zero-order chi connectivity index (χ0) is 13.9. The average molecular weight is 271 g/mol. The van der Waals surface area contributed by atoms with Crippen molar-refractivity contribution in [2.45, 2.75) is 44.8 Å². The third-order valence-electron chi connectivity index (χ3n) is 4.08. The topological polar surface area (TPSA) is 50.1 Å². The van der Waals surface area contributed by atoms with Gasteiger partial charge in [0.05, 0.1) is 0 Å². The summed E-state index contributed by atoms with van der Waals surface area (Å²) in [6.45, 7) is 3.14. The van der Waals surface area contributed by atoms with Gasteiger partial charge < -0.3 is 10.4 Å². The number of rotatable bonds is 5. The summed E-state index contributed by atoms with van der Waals surface area (Å²) in [6, 6.07) is 8.58. The minimum Gasteiger partial charge on any atom is -0.508 e. The number of aromatic nitrogens is 2. The molecule has 0 bridgehead atoms. The van der Waals surface area contributed by atoms with Gasteiger partial charge in [-0.2, -0.15) is 5.10 Å². The Hall–Kier alpha value is -1.81. The average Bonchev–Trinajstić information content (AvgIpc) is 3.07. The predicted molar refractivity (Wildman–Crippen MR) is 78.6 cm³/mol. The van der Waals surface area contributed by atoms with Crippen molar-refractivity contribution in [3.05, 3.63) is 47.8 Å². The first-order valence-corrected chi connectivity index (χ1v) is 7.28. The summed E-state index contributed by atoms with van der Waals surface area (Å²) in [5, 5.41) is 17.8. The van der Waals surface area contributed by atoms with E-state index in [0.717, 1.165) is 31.4 Å². The zero-order valence-corrected chi connectivity index (χ0v) is 11.8. The molecule has 0 amide bonds. The Morgan fingerprint density at radius 2 is 2.35 bits per heavy atom. The lowest BCUT2D eigenvalue weighted by Crippen LogP contribution is -2.30. The monoisotopic (exact) mass is 271 g/mol. The lowest BCUT2D eigenvalue weighted by molar-refractivity contribution is 0.406. The number of benzene rings is 1. The number of nitrogens with one attached hydrogen (secondary N) is 1. The molecule has 0 radical (unpaired) electrons. The number of aromatic hydroxyl groups is 1. The summed E-state index contributed by atoms with van der Waals surface area (Å²) in [4.78, 5) is 0. The van der Waals surface area contributed by atoms with Gasteiger partial charge in [-0.3, -0.25) is 4.68 Å². The summed E-state index contributed by atoms with van der Waals surface area (Å²) in [5.74, 6) is 0.441. The second-order valence-corrected chi connectivity index (χ2v) is 5.56. The Kier molecular flexibility index (Phi) is 3.74. The number of nitrogens with zero attached hydrogens (tertiary/aromatic N) is 2. The highest BCUT2D eigenvalue weighted by Crippen LogP contribution is 2.36. The second kappa shape index (κ2) is 5.67. The van der Waals surface area contributed by atoms with Gasteiger partial charge in [-0.05, 0) is 49.4 Å². The van der Waals surface area contributed by atoms with Crippen molar-refractivity contribution in [3.63, 3.8) is 0 Å². The third kappa shape index (κ3) is 2.70. The van der Waals surface area contributed by atoms with Gasteiger partial charge in [-0.1, -0.05) is 12.1 Å². The fourth-order valence-corrected chi connectivity index (χ4v) is 2.99. The molecule has 4 nitrogen and oxygen atoms in total. The summed E-state index contributed by atoms with van der Waals surface area (Å²) >= 11 is 0. The van der Waals surface area contributed by atoms with Gasteiger partial charge in [-0.25, -0.2) is 0 Å². The molecule has 0 fully saturated rings. The Balaban J connectivity index is 1.58. The summed E-state index contributed by atoms with van der Waals surface area (Å²) in [7, 11) is 0. The highest BCUT2D eigenvalue weighted by molar-refractivity contribution is 5.44. The number of fused-ring (bicyclic) bond motifs is 1. The van der Waals surface area contributed by atoms with Crippen molar-refractivity contribution in [2.24, 2.45) is 0 Å². The summed E-state index contributed by atoms with van der Waals surface area (Å²) in [6.07, 6.45) is 6.89. The predicted octanol–water partition coefficient (Wildman–Crippen LogP) is 2.64. The highest BCUT2D eigenvalue weighted by Gasteiger charge is 2.25. The SMILES string of the molecule is C[C@H](CCn1cccn1)N[C@@H]1CCc2c(O)cccc21. The van der Waals surface area contributed by atoms with Crippen molar-refractivity contribution in [1.82, 2.24) is 15.1 Å². The molecule has 2 aromatic rings. The number of phenols is 1. The van der Waals surface area contributed by atoms with Crippen molar-refractivity contribution in [3.8, 4) is 5.75 Å². The molecule has 4 heteroatoms. The van der Waals surface area contributed by atoms with Crippen LogP contribution in [0.5, 0.6) is 5.75 Å². The van der Waals surface area contributed by atoms with Crippen LogP contribution in [0.4, 0.5) is 0 Å². The molecule has 0 aliphatic heterocycles. The van der Waals surface area contributed by atoms with E-state index in [9.17, 15) is 5.11 Å². The van der Waals surface area contributed by atoms with Crippen LogP contribution in [0.2, 0.25) is 0 Å². The van der Waals surface area contributed by atoms with E-state index in [4.69, 9.17) is 0 Å². The number of phenolic OH excluding ortho intramolecular Hbond substituents is 1.